The fourth-order valence-corrected chi connectivity index (χ4v) is 4.11. The highest BCUT2D eigenvalue weighted by Gasteiger charge is 2.24. The number of nitrogens with one attached hydrogen (secondary N) is 1. The predicted octanol–water partition coefficient (Wildman–Crippen LogP) is 2.28. The van der Waals surface area contributed by atoms with Gasteiger partial charge in [0.2, 0.25) is 5.91 Å². The van der Waals surface area contributed by atoms with E-state index in [1.165, 1.54) is 12.8 Å². The van der Waals surface area contributed by atoms with Crippen LogP contribution in [0.1, 0.15) is 60.2 Å². The highest BCUT2D eigenvalue weighted by Crippen LogP contribution is 2.29. The van der Waals surface area contributed by atoms with E-state index >= 15 is 0 Å². The molecule has 7 nitrogen and oxygen atoms in total. The largest absolute Gasteiger partial charge is 0.352 e. The zero-order chi connectivity index (χ0) is 19.5. The number of amides is 2. The number of rotatable bonds is 5. The number of anilines is 1. The van der Waals surface area contributed by atoms with Gasteiger partial charge in [0, 0.05) is 50.1 Å². The Hall–Kier alpha value is -2.70. The molecule has 0 bridgehead atoms. The summed E-state index contributed by atoms with van der Waals surface area (Å²) in [5, 5.41) is 11.6. The SMILES string of the molecule is CCC(=O)N1CCc2cc(C(=O)NCCc3nnc4n3CCCCC4)ccc21. The molecule has 3 heterocycles. The standard InChI is InChI=1S/C21H27N5O2/c1-2-20(27)25-13-10-15-14-16(7-8-17(15)25)21(28)22-11-9-19-24-23-18-6-4-3-5-12-26(18)19/h7-8,14H,2-6,9-13H2,1H3,(H,22,28). The summed E-state index contributed by atoms with van der Waals surface area (Å²) < 4.78 is 2.22. The normalized spacial score (nSPS) is 15.7. The Morgan fingerprint density at radius 3 is 2.86 bits per heavy atom. The Kier molecular flexibility index (Phi) is 5.41. The molecule has 1 aromatic carbocycles. The van der Waals surface area contributed by atoms with Gasteiger partial charge in [0.15, 0.2) is 0 Å². The molecule has 4 rings (SSSR count). The van der Waals surface area contributed by atoms with Crippen LogP contribution in [0.5, 0.6) is 0 Å². The van der Waals surface area contributed by atoms with Crippen molar-refractivity contribution in [1.29, 1.82) is 0 Å². The third-order valence-electron chi connectivity index (χ3n) is 5.66. The minimum Gasteiger partial charge on any atom is -0.352 e. The summed E-state index contributed by atoms with van der Waals surface area (Å²) in [6, 6.07) is 5.61. The number of aryl methyl sites for hydroxylation is 1. The van der Waals surface area contributed by atoms with Gasteiger partial charge in [-0.2, -0.15) is 0 Å². The van der Waals surface area contributed by atoms with Gasteiger partial charge in [-0.15, -0.1) is 10.2 Å². The van der Waals surface area contributed by atoms with Gasteiger partial charge in [-0.05, 0) is 43.0 Å². The average molecular weight is 381 g/mol. The fourth-order valence-electron chi connectivity index (χ4n) is 4.11. The van der Waals surface area contributed by atoms with Crippen LogP contribution in [0.2, 0.25) is 0 Å². The molecule has 0 spiro atoms. The summed E-state index contributed by atoms with van der Waals surface area (Å²) in [5.74, 6) is 2.07. The van der Waals surface area contributed by atoms with Crippen LogP contribution < -0.4 is 10.2 Å². The maximum Gasteiger partial charge on any atom is 0.251 e. The number of nitrogens with zero attached hydrogens (tertiary/aromatic N) is 4. The van der Waals surface area contributed by atoms with Gasteiger partial charge in [0.25, 0.3) is 5.91 Å². The Labute approximate surface area is 165 Å². The van der Waals surface area contributed by atoms with Crippen molar-refractivity contribution >= 4 is 17.5 Å². The topological polar surface area (TPSA) is 80.1 Å². The van der Waals surface area contributed by atoms with Gasteiger partial charge < -0.3 is 14.8 Å². The highest BCUT2D eigenvalue weighted by atomic mass is 16.2. The first-order chi connectivity index (χ1) is 13.7. The first-order valence-electron chi connectivity index (χ1n) is 10.3. The zero-order valence-corrected chi connectivity index (χ0v) is 16.4. The molecule has 0 atom stereocenters. The van der Waals surface area contributed by atoms with E-state index in [1.807, 2.05) is 24.0 Å². The molecular weight excluding hydrogens is 354 g/mol. The van der Waals surface area contributed by atoms with E-state index in [-0.39, 0.29) is 11.8 Å². The molecule has 2 aromatic rings. The maximum absolute atomic E-state index is 12.6. The van der Waals surface area contributed by atoms with Crippen molar-refractivity contribution in [2.45, 2.75) is 58.4 Å². The van der Waals surface area contributed by atoms with Crippen LogP contribution in [0.15, 0.2) is 18.2 Å². The molecule has 0 fully saturated rings. The van der Waals surface area contributed by atoms with E-state index in [1.54, 1.807) is 6.07 Å². The molecule has 0 aliphatic carbocycles. The summed E-state index contributed by atoms with van der Waals surface area (Å²) in [6.07, 6.45) is 6.54. The van der Waals surface area contributed by atoms with Gasteiger partial charge in [-0.1, -0.05) is 13.3 Å². The molecule has 2 aliphatic rings. The lowest BCUT2D eigenvalue weighted by atomic mass is 10.1. The summed E-state index contributed by atoms with van der Waals surface area (Å²) in [5.41, 5.74) is 2.65. The first kappa shape index (κ1) is 18.7. The minimum atomic E-state index is -0.0846. The Bertz CT molecular complexity index is 889. The summed E-state index contributed by atoms with van der Waals surface area (Å²) in [7, 11) is 0. The van der Waals surface area contributed by atoms with E-state index < -0.39 is 0 Å². The van der Waals surface area contributed by atoms with Crippen LogP contribution in [0.3, 0.4) is 0 Å². The molecule has 0 unspecified atom stereocenters. The van der Waals surface area contributed by atoms with Gasteiger partial charge in [-0.3, -0.25) is 9.59 Å². The number of fused-ring (bicyclic) bond motifs is 2. The summed E-state index contributed by atoms with van der Waals surface area (Å²) in [6.45, 7) is 4.08. The Morgan fingerprint density at radius 1 is 1.11 bits per heavy atom. The van der Waals surface area contributed by atoms with Crippen molar-refractivity contribution in [3.05, 3.63) is 41.0 Å². The van der Waals surface area contributed by atoms with Crippen LogP contribution in [-0.4, -0.2) is 39.7 Å². The summed E-state index contributed by atoms with van der Waals surface area (Å²) >= 11 is 0. The molecule has 2 aliphatic heterocycles. The van der Waals surface area contributed by atoms with Crippen LogP contribution in [0.25, 0.3) is 0 Å². The maximum atomic E-state index is 12.6. The zero-order valence-electron chi connectivity index (χ0n) is 16.4. The lowest BCUT2D eigenvalue weighted by molar-refractivity contribution is -0.118. The van der Waals surface area contributed by atoms with E-state index in [4.69, 9.17) is 0 Å². The Balaban J connectivity index is 1.36. The third-order valence-corrected chi connectivity index (χ3v) is 5.66. The van der Waals surface area contributed by atoms with Crippen LogP contribution in [0, 0.1) is 0 Å². The van der Waals surface area contributed by atoms with Gasteiger partial charge in [0.1, 0.15) is 11.6 Å². The quantitative estimate of drug-likeness (QED) is 0.862. The average Bonchev–Trinajstić information content (AvgIpc) is 3.23. The van der Waals surface area contributed by atoms with Crippen molar-refractivity contribution < 1.29 is 9.59 Å². The monoisotopic (exact) mass is 381 g/mol. The van der Waals surface area contributed by atoms with Gasteiger partial charge in [-0.25, -0.2) is 0 Å². The fraction of sp³-hybridized carbons (Fsp3) is 0.524. The molecule has 28 heavy (non-hydrogen) atoms. The van der Waals surface area contributed by atoms with Crippen molar-refractivity contribution in [3.63, 3.8) is 0 Å². The number of hydrogen-bond donors (Lipinski definition) is 1. The Morgan fingerprint density at radius 2 is 2.00 bits per heavy atom. The molecule has 0 saturated heterocycles. The van der Waals surface area contributed by atoms with E-state index in [2.05, 4.69) is 20.1 Å². The van der Waals surface area contributed by atoms with Crippen LogP contribution >= 0.6 is 0 Å². The molecule has 148 valence electrons. The number of carbonyl (C=O) groups excluding carboxylic acids is 2. The van der Waals surface area contributed by atoms with Crippen molar-refractivity contribution in [1.82, 2.24) is 20.1 Å². The molecule has 1 N–H and O–H groups in total. The smallest absolute Gasteiger partial charge is 0.251 e. The lowest BCUT2D eigenvalue weighted by Gasteiger charge is -2.16. The number of hydrogen-bond acceptors (Lipinski definition) is 4. The number of aromatic nitrogens is 3. The van der Waals surface area contributed by atoms with Gasteiger partial charge >= 0.3 is 0 Å². The molecule has 7 heteroatoms. The van der Waals surface area contributed by atoms with E-state index in [0.29, 0.717) is 31.5 Å². The first-order valence-corrected chi connectivity index (χ1v) is 10.3. The van der Waals surface area contributed by atoms with E-state index in [0.717, 1.165) is 48.7 Å². The van der Waals surface area contributed by atoms with Crippen molar-refractivity contribution in [2.75, 3.05) is 18.0 Å². The van der Waals surface area contributed by atoms with Crippen molar-refractivity contribution in [3.8, 4) is 0 Å². The molecule has 2 amide bonds. The second kappa shape index (κ2) is 8.12. The second-order valence-electron chi connectivity index (χ2n) is 7.49. The second-order valence-corrected chi connectivity index (χ2v) is 7.49. The molecule has 0 saturated carbocycles. The van der Waals surface area contributed by atoms with E-state index in [9.17, 15) is 9.59 Å². The predicted molar refractivity (Wildman–Crippen MR) is 106 cm³/mol. The highest BCUT2D eigenvalue weighted by molar-refractivity contribution is 5.98. The minimum absolute atomic E-state index is 0.0846. The number of benzene rings is 1. The molecular formula is C21H27N5O2. The summed E-state index contributed by atoms with van der Waals surface area (Å²) in [4.78, 5) is 26.4. The lowest BCUT2D eigenvalue weighted by Crippen LogP contribution is -2.28. The number of carbonyl (C=O) groups is 2. The van der Waals surface area contributed by atoms with Crippen LogP contribution in [-0.2, 0) is 30.6 Å². The third kappa shape index (κ3) is 3.66. The molecule has 0 radical (unpaired) electrons. The van der Waals surface area contributed by atoms with Crippen LogP contribution in [0.4, 0.5) is 5.69 Å². The molecule has 1 aromatic heterocycles. The van der Waals surface area contributed by atoms with Gasteiger partial charge in [0.05, 0.1) is 0 Å². The van der Waals surface area contributed by atoms with Crippen molar-refractivity contribution in [2.24, 2.45) is 0 Å².